The maximum Gasteiger partial charge on any atom is 0.255 e. The Balaban J connectivity index is 1.55. The number of benzene rings is 1. The van der Waals surface area contributed by atoms with Crippen LogP contribution in [0.1, 0.15) is 29.6 Å². The van der Waals surface area contributed by atoms with Gasteiger partial charge in [-0.2, -0.15) is 0 Å². The fraction of sp³-hybridized carbons (Fsp3) is 0.600. The molecule has 1 aromatic rings. The highest BCUT2D eigenvalue weighted by Crippen LogP contribution is 2.40. The molecule has 1 atom stereocenters. The maximum absolute atomic E-state index is 13.3. The molecule has 0 aliphatic carbocycles. The van der Waals surface area contributed by atoms with E-state index < -0.39 is 0 Å². The Morgan fingerprint density at radius 2 is 1.85 bits per heavy atom. The van der Waals surface area contributed by atoms with Gasteiger partial charge in [0.05, 0.1) is 24.2 Å². The van der Waals surface area contributed by atoms with Crippen molar-refractivity contribution in [3.63, 3.8) is 0 Å². The topological polar surface area (TPSA) is 53.1 Å². The van der Waals surface area contributed by atoms with Gasteiger partial charge in [0.2, 0.25) is 5.91 Å². The highest BCUT2D eigenvalue weighted by atomic mass is 16.5. The molecule has 0 radical (unpaired) electrons. The van der Waals surface area contributed by atoms with E-state index in [1.165, 1.54) is 0 Å². The first kappa shape index (κ1) is 17.3. The first-order chi connectivity index (χ1) is 12.6. The summed E-state index contributed by atoms with van der Waals surface area (Å²) >= 11 is 0. The number of anilines is 1. The lowest BCUT2D eigenvalue weighted by Crippen LogP contribution is -2.48. The zero-order chi connectivity index (χ0) is 18.1. The van der Waals surface area contributed by atoms with Crippen molar-refractivity contribution in [1.82, 2.24) is 9.80 Å². The third kappa shape index (κ3) is 2.96. The number of carbonyl (C=O) groups is 2. The van der Waals surface area contributed by atoms with E-state index in [-0.39, 0.29) is 17.2 Å². The third-order valence-electron chi connectivity index (χ3n) is 6.08. The van der Waals surface area contributed by atoms with Gasteiger partial charge in [-0.05, 0) is 31.4 Å². The Hall–Kier alpha value is -2.08. The van der Waals surface area contributed by atoms with Gasteiger partial charge >= 0.3 is 0 Å². The zero-order valence-corrected chi connectivity index (χ0v) is 15.4. The highest BCUT2D eigenvalue weighted by Gasteiger charge is 2.48. The van der Waals surface area contributed by atoms with E-state index in [0.29, 0.717) is 26.3 Å². The minimum Gasteiger partial charge on any atom is -0.378 e. The summed E-state index contributed by atoms with van der Waals surface area (Å²) in [4.78, 5) is 31.9. The SMILES string of the molecule is CN1CCC[C@]2(CCN(C(=O)c3ccccc3N3CCOCC3)C2)C1=O. The Morgan fingerprint density at radius 1 is 1.08 bits per heavy atom. The molecular formula is C20H27N3O3. The molecule has 3 aliphatic heterocycles. The van der Waals surface area contributed by atoms with Gasteiger partial charge in [-0.3, -0.25) is 9.59 Å². The van der Waals surface area contributed by atoms with E-state index in [4.69, 9.17) is 4.74 Å². The Bertz CT molecular complexity index is 701. The first-order valence-electron chi connectivity index (χ1n) is 9.57. The van der Waals surface area contributed by atoms with Crippen molar-refractivity contribution in [2.75, 3.05) is 57.9 Å². The second-order valence-corrected chi connectivity index (χ2v) is 7.70. The molecule has 0 N–H and O–H groups in total. The van der Waals surface area contributed by atoms with Gasteiger partial charge in [0, 0.05) is 45.5 Å². The third-order valence-corrected chi connectivity index (χ3v) is 6.08. The van der Waals surface area contributed by atoms with E-state index in [1.54, 1.807) is 0 Å². The summed E-state index contributed by atoms with van der Waals surface area (Å²) in [5, 5.41) is 0. The molecule has 4 rings (SSSR count). The van der Waals surface area contributed by atoms with Crippen molar-refractivity contribution in [3.8, 4) is 0 Å². The molecule has 2 amide bonds. The van der Waals surface area contributed by atoms with Crippen LogP contribution in [-0.4, -0.2) is 74.6 Å². The Labute approximate surface area is 154 Å². The molecule has 3 saturated heterocycles. The smallest absolute Gasteiger partial charge is 0.255 e. The summed E-state index contributed by atoms with van der Waals surface area (Å²) in [5.74, 6) is 0.255. The number of carbonyl (C=O) groups excluding carboxylic acids is 2. The normalized spacial score (nSPS) is 26.7. The van der Waals surface area contributed by atoms with Crippen LogP contribution in [0.2, 0.25) is 0 Å². The van der Waals surface area contributed by atoms with Crippen LogP contribution in [-0.2, 0) is 9.53 Å². The number of rotatable bonds is 2. The predicted molar refractivity (Wildman–Crippen MR) is 99.3 cm³/mol. The molecule has 0 aromatic heterocycles. The maximum atomic E-state index is 13.3. The zero-order valence-electron chi connectivity index (χ0n) is 15.4. The van der Waals surface area contributed by atoms with Crippen LogP contribution in [0.4, 0.5) is 5.69 Å². The van der Waals surface area contributed by atoms with Gasteiger partial charge in [-0.1, -0.05) is 12.1 Å². The summed E-state index contributed by atoms with van der Waals surface area (Å²) in [5.41, 5.74) is 1.35. The van der Waals surface area contributed by atoms with Gasteiger partial charge in [0.25, 0.3) is 5.91 Å². The number of piperidine rings is 1. The van der Waals surface area contributed by atoms with Gasteiger partial charge in [0.1, 0.15) is 0 Å². The summed E-state index contributed by atoms with van der Waals surface area (Å²) in [6, 6.07) is 7.83. The number of morpholine rings is 1. The number of para-hydroxylation sites is 1. The van der Waals surface area contributed by atoms with Gasteiger partial charge in [0.15, 0.2) is 0 Å². The number of likely N-dealkylation sites (tertiary alicyclic amines) is 2. The second-order valence-electron chi connectivity index (χ2n) is 7.70. The van der Waals surface area contributed by atoms with Crippen molar-refractivity contribution in [2.24, 2.45) is 5.41 Å². The standard InChI is InChI=1S/C20H27N3O3/c1-21-9-4-7-20(19(21)25)8-10-23(15-20)18(24)16-5-2-3-6-17(16)22-11-13-26-14-12-22/h2-3,5-6H,4,7-15H2,1H3/t20-/m1/s1. The molecule has 6 nitrogen and oxygen atoms in total. The van der Waals surface area contributed by atoms with Crippen molar-refractivity contribution in [3.05, 3.63) is 29.8 Å². The molecule has 6 heteroatoms. The van der Waals surface area contributed by atoms with Gasteiger partial charge < -0.3 is 19.4 Å². The monoisotopic (exact) mass is 357 g/mol. The Morgan fingerprint density at radius 3 is 2.65 bits per heavy atom. The van der Waals surface area contributed by atoms with Gasteiger partial charge in [-0.25, -0.2) is 0 Å². The molecule has 3 fully saturated rings. The van der Waals surface area contributed by atoms with Crippen molar-refractivity contribution in [1.29, 1.82) is 0 Å². The minimum atomic E-state index is -0.365. The van der Waals surface area contributed by atoms with Crippen molar-refractivity contribution < 1.29 is 14.3 Å². The van der Waals surface area contributed by atoms with Crippen LogP contribution in [0.3, 0.4) is 0 Å². The second kappa shape index (κ2) is 6.91. The summed E-state index contributed by atoms with van der Waals surface area (Å²) in [7, 11) is 1.88. The van der Waals surface area contributed by atoms with Crippen LogP contribution < -0.4 is 4.90 Å². The minimum absolute atomic E-state index is 0.0463. The molecule has 3 heterocycles. The van der Waals surface area contributed by atoms with Crippen LogP contribution in [0, 0.1) is 5.41 Å². The molecule has 0 bridgehead atoms. The fourth-order valence-electron chi connectivity index (χ4n) is 4.60. The van der Waals surface area contributed by atoms with Gasteiger partial charge in [-0.15, -0.1) is 0 Å². The van der Waals surface area contributed by atoms with E-state index in [9.17, 15) is 9.59 Å². The molecule has 26 heavy (non-hydrogen) atoms. The molecule has 3 aliphatic rings. The molecule has 0 saturated carbocycles. The number of amides is 2. The van der Waals surface area contributed by atoms with Crippen molar-refractivity contribution in [2.45, 2.75) is 19.3 Å². The molecule has 1 spiro atoms. The number of nitrogens with zero attached hydrogens (tertiary/aromatic N) is 3. The fourth-order valence-corrected chi connectivity index (χ4v) is 4.60. The lowest BCUT2D eigenvalue weighted by Gasteiger charge is -2.37. The predicted octanol–water partition coefficient (Wildman–Crippen LogP) is 1.61. The average Bonchev–Trinajstić information content (AvgIpc) is 3.11. The molecule has 140 valence electrons. The lowest BCUT2D eigenvalue weighted by atomic mass is 9.78. The Kier molecular flexibility index (Phi) is 4.61. The van der Waals surface area contributed by atoms with E-state index in [2.05, 4.69) is 4.90 Å². The molecule has 1 aromatic carbocycles. The summed E-state index contributed by atoms with van der Waals surface area (Å²) < 4.78 is 5.44. The van der Waals surface area contributed by atoms with E-state index in [0.717, 1.165) is 50.1 Å². The summed E-state index contributed by atoms with van der Waals surface area (Å²) in [6.07, 6.45) is 2.70. The number of hydrogen-bond acceptors (Lipinski definition) is 4. The van der Waals surface area contributed by atoms with Crippen LogP contribution in [0.15, 0.2) is 24.3 Å². The molecular weight excluding hydrogens is 330 g/mol. The first-order valence-corrected chi connectivity index (χ1v) is 9.57. The highest BCUT2D eigenvalue weighted by molar-refractivity contribution is 6.00. The average molecular weight is 357 g/mol. The summed E-state index contributed by atoms with van der Waals surface area (Å²) in [6.45, 7) is 5.03. The van der Waals surface area contributed by atoms with Crippen LogP contribution in [0.25, 0.3) is 0 Å². The lowest BCUT2D eigenvalue weighted by molar-refractivity contribution is -0.143. The van der Waals surface area contributed by atoms with Crippen LogP contribution >= 0.6 is 0 Å². The largest absolute Gasteiger partial charge is 0.378 e. The van der Waals surface area contributed by atoms with Crippen LogP contribution in [0.5, 0.6) is 0 Å². The van der Waals surface area contributed by atoms with E-state index >= 15 is 0 Å². The van der Waals surface area contributed by atoms with E-state index in [1.807, 2.05) is 41.1 Å². The molecule has 0 unspecified atom stereocenters. The number of hydrogen-bond donors (Lipinski definition) is 0. The number of ether oxygens (including phenoxy) is 1. The quantitative estimate of drug-likeness (QED) is 0.807. The van der Waals surface area contributed by atoms with Crippen molar-refractivity contribution >= 4 is 17.5 Å².